The highest BCUT2D eigenvalue weighted by Gasteiger charge is 2.30. The fourth-order valence-corrected chi connectivity index (χ4v) is 5.87. The van der Waals surface area contributed by atoms with Crippen LogP contribution in [0.4, 0.5) is 0 Å². The van der Waals surface area contributed by atoms with Gasteiger partial charge in [-0.15, -0.1) is 0 Å². The van der Waals surface area contributed by atoms with Crippen LogP contribution < -0.4 is 0 Å². The topological polar surface area (TPSA) is 96.5 Å². The Kier molecular flexibility index (Phi) is 6.17. The molecule has 7 nitrogen and oxygen atoms in total. The zero-order valence-electron chi connectivity index (χ0n) is 18.1. The predicted molar refractivity (Wildman–Crippen MR) is 122 cm³/mol. The van der Waals surface area contributed by atoms with Gasteiger partial charge in [0.05, 0.1) is 23.3 Å². The Hall–Kier alpha value is -2.97. The Morgan fingerprint density at radius 1 is 1.03 bits per heavy atom. The summed E-state index contributed by atoms with van der Waals surface area (Å²) in [5.41, 5.74) is 1.73. The SMILES string of the molecule is COC(=O)C(=O)c1c(-c2cccc(S(=O)(=O)N(C)C3CCCCC3)c2)[nH]c2ccccc12. The number of hydrogen-bond donors (Lipinski definition) is 1. The zero-order valence-corrected chi connectivity index (χ0v) is 18.9. The van der Waals surface area contributed by atoms with Crippen LogP contribution in [-0.4, -0.2) is 49.7 Å². The summed E-state index contributed by atoms with van der Waals surface area (Å²) >= 11 is 0. The third-order valence-electron chi connectivity index (χ3n) is 6.19. The van der Waals surface area contributed by atoms with Crippen molar-refractivity contribution in [2.45, 2.75) is 43.0 Å². The van der Waals surface area contributed by atoms with Crippen LogP contribution in [0, 0.1) is 0 Å². The summed E-state index contributed by atoms with van der Waals surface area (Å²) in [5.74, 6) is -1.76. The number of benzene rings is 2. The van der Waals surface area contributed by atoms with E-state index in [4.69, 9.17) is 0 Å². The molecule has 0 bridgehead atoms. The maximum absolute atomic E-state index is 13.3. The highest BCUT2D eigenvalue weighted by Crippen LogP contribution is 2.33. The maximum Gasteiger partial charge on any atom is 0.379 e. The first-order valence-corrected chi connectivity index (χ1v) is 12.1. The van der Waals surface area contributed by atoms with Gasteiger partial charge in [0, 0.05) is 29.6 Å². The standard InChI is InChI=1S/C24H26N2O5S/c1-26(17-10-4-3-5-11-17)32(29,30)18-12-8-9-16(15-18)22-21(23(27)24(28)31-2)19-13-6-7-14-20(19)25-22/h6-9,12-15,17,25H,3-5,10-11H2,1-2H3. The minimum absolute atomic E-state index is 0.0121. The number of ketones is 1. The number of nitrogens with zero attached hydrogens (tertiary/aromatic N) is 1. The van der Waals surface area contributed by atoms with Crippen molar-refractivity contribution >= 4 is 32.7 Å². The average molecular weight is 455 g/mol. The lowest BCUT2D eigenvalue weighted by molar-refractivity contribution is -0.135. The van der Waals surface area contributed by atoms with Crippen LogP contribution in [0.5, 0.6) is 0 Å². The van der Waals surface area contributed by atoms with Crippen molar-refractivity contribution in [3.8, 4) is 11.3 Å². The van der Waals surface area contributed by atoms with Crippen LogP contribution in [-0.2, 0) is 19.6 Å². The number of ether oxygens (including phenoxy) is 1. The third kappa shape index (κ3) is 3.96. The van der Waals surface area contributed by atoms with E-state index in [1.54, 1.807) is 49.5 Å². The molecule has 1 aromatic heterocycles. The first kappa shape index (κ1) is 22.2. The van der Waals surface area contributed by atoms with Gasteiger partial charge in [0.15, 0.2) is 0 Å². The molecule has 168 valence electrons. The number of nitrogens with one attached hydrogen (secondary N) is 1. The highest BCUT2D eigenvalue weighted by molar-refractivity contribution is 7.89. The largest absolute Gasteiger partial charge is 0.463 e. The minimum atomic E-state index is -3.71. The number of aromatic nitrogens is 1. The van der Waals surface area contributed by atoms with Crippen molar-refractivity contribution in [1.29, 1.82) is 0 Å². The molecule has 3 aromatic rings. The number of sulfonamides is 1. The van der Waals surface area contributed by atoms with E-state index in [2.05, 4.69) is 9.72 Å². The van der Waals surface area contributed by atoms with Gasteiger partial charge >= 0.3 is 5.97 Å². The molecule has 1 fully saturated rings. The summed E-state index contributed by atoms with van der Waals surface area (Å²) in [6, 6.07) is 13.6. The monoisotopic (exact) mass is 454 g/mol. The number of H-pyrrole nitrogens is 1. The summed E-state index contributed by atoms with van der Waals surface area (Å²) in [4.78, 5) is 28.2. The summed E-state index contributed by atoms with van der Waals surface area (Å²) in [6.07, 6.45) is 4.90. The lowest BCUT2D eigenvalue weighted by atomic mass is 9.96. The van der Waals surface area contributed by atoms with E-state index >= 15 is 0 Å². The van der Waals surface area contributed by atoms with E-state index in [1.165, 1.54) is 4.31 Å². The highest BCUT2D eigenvalue weighted by atomic mass is 32.2. The molecule has 0 atom stereocenters. The number of carbonyl (C=O) groups excluding carboxylic acids is 2. The molecule has 8 heteroatoms. The lowest BCUT2D eigenvalue weighted by Gasteiger charge is -2.30. The number of rotatable bonds is 6. The van der Waals surface area contributed by atoms with Gasteiger partial charge in [-0.2, -0.15) is 4.31 Å². The second-order valence-electron chi connectivity index (χ2n) is 8.08. The summed E-state index contributed by atoms with van der Waals surface area (Å²) in [6.45, 7) is 0. The number of carbonyl (C=O) groups is 2. The number of fused-ring (bicyclic) bond motifs is 1. The molecule has 0 radical (unpaired) electrons. The molecule has 0 unspecified atom stereocenters. The Bertz CT molecular complexity index is 1270. The van der Waals surface area contributed by atoms with Crippen LogP contribution in [0.1, 0.15) is 42.5 Å². The first-order valence-electron chi connectivity index (χ1n) is 10.7. The van der Waals surface area contributed by atoms with Crippen LogP contribution in [0.3, 0.4) is 0 Å². The van der Waals surface area contributed by atoms with Gasteiger partial charge < -0.3 is 9.72 Å². The molecule has 0 spiro atoms. The second-order valence-corrected chi connectivity index (χ2v) is 10.1. The Morgan fingerprint density at radius 3 is 2.47 bits per heavy atom. The smallest absolute Gasteiger partial charge is 0.379 e. The van der Waals surface area contributed by atoms with E-state index in [1.807, 2.05) is 6.07 Å². The maximum atomic E-state index is 13.3. The van der Waals surface area contributed by atoms with Gasteiger partial charge in [-0.1, -0.05) is 49.6 Å². The first-order chi connectivity index (χ1) is 15.3. The fraction of sp³-hybridized carbons (Fsp3) is 0.333. The molecule has 2 aromatic carbocycles. The lowest BCUT2D eigenvalue weighted by Crippen LogP contribution is -2.38. The van der Waals surface area contributed by atoms with Gasteiger partial charge in [0.2, 0.25) is 10.0 Å². The Balaban J connectivity index is 1.80. The van der Waals surface area contributed by atoms with Crippen molar-refractivity contribution in [3.63, 3.8) is 0 Å². The molecule has 1 N–H and O–H groups in total. The van der Waals surface area contributed by atoms with Crippen LogP contribution in [0.25, 0.3) is 22.2 Å². The molecule has 0 aliphatic heterocycles. The molecular formula is C24H26N2O5S. The summed E-state index contributed by atoms with van der Waals surface area (Å²) < 4.78 is 32.8. The number of aromatic amines is 1. The Morgan fingerprint density at radius 2 is 1.75 bits per heavy atom. The van der Waals surface area contributed by atoms with Crippen molar-refractivity contribution in [2.24, 2.45) is 0 Å². The third-order valence-corrected chi connectivity index (χ3v) is 8.10. The summed E-state index contributed by atoms with van der Waals surface area (Å²) in [5, 5.41) is 0.575. The molecular weight excluding hydrogens is 428 g/mol. The number of hydrogen-bond acceptors (Lipinski definition) is 5. The van der Waals surface area contributed by atoms with E-state index in [0.717, 1.165) is 39.2 Å². The van der Waals surface area contributed by atoms with Crippen molar-refractivity contribution in [1.82, 2.24) is 9.29 Å². The molecule has 1 saturated carbocycles. The van der Waals surface area contributed by atoms with Gasteiger partial charge in [-0.3, -0.25) is 4.79 Å². The molecule has 1 heterocycles. The van der Waals surface area contributed by atoms with E-state index in [-0.39, 0.29) is 16.5 Å². The van der Waals surface area contributed by atoms with Gasteiger partial charge in [-0.05, 0) is 31.0 Å². The molecule has 1 aliphatic rings. The van der Waals surface area contributed by atoms with Crippen molar-refractivity contribution < 1.29 is 22.7 Å². The summed E-state index contributed by atoms with van der Waals surface area (Å²) in [7, 11) is -0.922. The van der Waals surface area contributed by atoms with Gasteiger partial charge in [0.1, 0.15) is 0 Å². The zero-order chi connectivity index (χ0) is 22.9. The number of methoxy groups -OCH3 is 1. The average Bonchev–Trinajstić information content (AvgIpc) is 3.22. The second kappa shape index (κ2) is 8.88. The molecule has 1 aliphatic carbocycles. The van der Waals surface area contributed by atoms with Crippen LogP contribution >= 0.6 is 0 Å². The van der Waals surface area contributed by atoms with E-state index in [9.17, 15) is 18.0 Å². The molecule has 4 rings (SSSR count). The molecule has 0 saturated heterocycles. The predicted octanol–water partition coefficient (Wildman–Crippen LogP) is 4.14. The van der Waals surface area contributed by atoms with Crippen molar-refractivity contribution in [2.75, 3.05) is 14.2 Å². The van der Waals surface area contributed by atoms with E-state index in [0.29, 0.717) is 22.2 Å². The van der Waals surface area contributed by atoms with Gasteiger partial charge in [-0.25, -0.2) is 13.2 Å². The van der Waals surface area contributed by atoms with Crippen LogP contribution in [0.15, 0.2) is 53.4 Å². The minimum Gasteiger partial charge on any atom is -0.463 e. The molecule has 0 amide bonds. The number of Topliss-reactive ketones (excluding diaryl/α,β-unsaturated/α-hetero) is 1. The Labute approximate surface area is 187 Å². The number of esters is 1. The van der Waals surface area contributed by atoms with Crippen LogP contribution in [0.2, 0.25) is 0 Å². The van der Waals surface area contributed by atoms with Gasteiger partial charge in [0.25, 0.3) is 5.78 Å². The normalized spacial score (nSPS) is 15.2. The quantitative estimate of drug-likeness (QED) is 0.343. The molecule has 32 heavy (non-hydrogen) atoms. The van der Waals surface area contributed by atoms with E-state index < -0.39 is 21.8 Å². The van der Waals surface area contributed by atoms with Crippen molar-refractivity contribution in [3.05, 3.63) is 54.1 Å². The number of para-hydroxylation sites is 1. The fourth-order valence-electron chi connectivity index (χ4n) is 4.41.